The normalized spacial score (nSPS) is 18.0. The number of H-pyrrole nitrogens is 1. The van der Waals surface area contributed by atoms with Crippen LogP contribution in [0.5, 0.6) is 17.2 Å². The number of aromatic nitrogens is 1. The molecule has 6 heteroatoms. The second-order valence-corrected chi connectivity index (χ2v) is 7.56. The number of amides is 1. The first-order valence-electron chi connectivity index (χ1n) is 10.1. The number of hydrogen-bond donors (Lipinski definition) is 2. The largest absolute Gasteiger partial charge is 0.497 e. The molecule has 150 valence electrons. The molecule has 1 aliphatic heterocycles. The van der Waals surface area contributed by atoms with Gasteiger partial charge < -0.3 is 24.5 Å². The highest BCUT2D eigenvalue weighted by molar-refractivity contribution is 5.95. The molecule has 0 fully saturated rings. The minimum absolute atomic E-state index is 0.0411. The lowest BCUT2D eigenvalue weighted by molar-refractivity contribution is 0.0931. The Hall–Kier alpha value is -3.15. The van der Waals surface area contributed by atoms with E-state index in [-0.39, 0.29) is 11.9 Å². The maximum absolute atomic E-state index is 13.0. The van der Waals surface area contributed by atoms with Crippen molar-refractivity contribution in [3.63, 3.8) is 0 Å². The molecule has 2 N–H and O–H groups in total. The van der Waals surface area contributed by atoms with Crippen LogP contribution in [0, 0.1) is 0 Å². The van der Waals surface area contributed by atoms with Gasteiger partial charge in [-0.15, -0.1) is 0 Å². The van der Waals surface area contributed by atoms with Crippen LogP contribution >= 0.6 is 0 Å². The van der Waals surface area contributed by atoms with Crippen LogP contribution in [0.25, 0.3) is 10.9 Å². The quantitative estimate of drug-likeness (QED) is 0.703. The Balaban J connectivity index is 1.42. The minimum atomic E-state index is -0.102. The number of fused-ring (bicyclic) bond motifs is 4. The van der Waals surface area contributed by atoms with Crippen LogP contribution in [0.1, 0.15) is 46.9 Å². The first-order chi connectivity index (χ1) is 14.2. The van der Waals surface area contributed by atoms with E-state index in [1.165, 1.54) is 10.9 Å². The van der Waals surface area contributed by atoms with Crippen LogP contribution in [0.4, 0.5) is 0 Å². The fourth-order valence-corrected chi connectivity index (χ4v) is 4.26. The molecule has 1 aromatic heterocycles. The van der Waals surface area contributed by atoms with E-state index in [2.05, 4.69) is 16.4 Å². The summed E-state index contributed by atoms with van der Waals surface area (Å²) in [6, 6.07) is 11.4. The van der Waals surface area contributed by atoms with E-state index in [4.69, 9.17) is 14.2 Å². The van der Waals surface area contributed by atoms with Crippen molar-refractivity contribution in [2.24, 2.45) is 0 Å². The van der Waals surface area contributed by atoms with Crippen molar-refractivity contribution in [3.05, 3.63) is 53.2 Å². The van der Waals surface area contributed by atoms with Crippen molar-refractivity contribution < 1.29 is 19.0 Å². The standard InChI is InChI=1S/C23H24N2O4/c1-27-15-7-8-18-17(13-15)16-4-2-5-19(22(16)24-18)25-23(26)14-6-9-20-21(12-14)29-11-3-10-28-20/h6-9,12-13,19,24H,2-5,10-11H2,1H3,(H,25,26)/t19-/m0/s1. The smallest absolute Gasteiger partial charge is 0.251 e. The summed E-state index contributed by atoms with van der Waals surface area (Å²) in [6.07, 6.45) is 3.78. The van der Waals surface area contributed by atoms with Crippen LogP contribution in [-0.2, 0) is 6.42 Å². The van der Waals surface area contributed by atoms with E-state index in [1.54, 1.807) is 19.2 Å². The Morgan fingerprint density at radius 1 is 1.10 bits per heavy atom. The Bertz CT molecular complexity index is 1070. The van der Waals surface area contributed by atoms with Crippen LogP contribution in [0.15, 0.2) is 36.4 Å². The summed E-state index contributed by atoms with van der Waals surface area (Å²) in [5.41, 5.74) is 4.03. The topological polar surface area (TPSA) is 72.6 Å². The van der Waals surface area contributed by atoms with Crippen molar-refractivity contribution in [2.75, 3.05) is 20.3 Å². The lowest BCUT2D eigenvalue weighted by atomic mass is 9.91. The van der Waals surface area contributed by atoms with Gasteiger partial charge in [0.2, 0.25) is 0 Å². The maximum Gasteiger partial charge on any atom is 0.251 e. The SMILES string of the molecule is COc1ccc2[nH]c3c(c2c1)CCC[C@@H]3NC(=O)c1ccc2c(c1)OCCCO2. The zero-order chi connectivity index (χ0) is 19.8. The lowest BCUT2D eigenvalue weighted by Crippen LogP contribution is -2.31. The molecular formula is C23H24N2O4. The van der Waals surface area contributed by atoms with Crippen LogP contribution in [0.2, 0.25) is 0 Å². The number of aromatic amines is 1. The molecule has 5 rings (SSSR count). The molecule has 0 saturated carbocycles. The molecule has 0 saturated heterocycles. The van der Waals surface area contributed by atoms with Crippen LogP contribution < -0.4 is 19.5 Å². The highest BCUT2D eigenvalue weighted by Gasteiger charge is 2.26. The summed E-state index contributed by atoms with van der Waals surface area (Å²) in [5, 5.41) is 4.38. The zero-order valence-corrected chi connectivity index (χ0v) is 16.4. The fourth-order valence-electron chi connectivity index (χ4n) is 4.26. The monoisotopic (exact) mass is 392 g/mol. The molecule has 6 nitrogen and oxygen atoms in total. The number of rotatable bonds is 3. The van der Waals surface area contributed by atoms with Gasteiger partial charge in [-0.05, 0) is 61.2 Å². The fraction of sp³-hybridized carbons (Fsp3) is 0.348. The van der Waals surface area contributed by atoms with E-state index in [0.29, 0.717) is 30.3 Å². The second-order valence-electron chi connectivity index (χ2n) is 7.56. The summed E-state index contributed by atoms with van der Waals surface area (Å²) >= 11 is 0. The van der Waals surface area contributed by atoms with Crippen molar-refractivity contribution in [2.45, 2.75) is 31.7 Å². The number of nitrogens with one attached hydrogen (secondary N) is 2. The molecule has 1 aliphatic carbocycles. The highest BCUT2D eigenvalue weighted by atomic mass is 16.5. The predicted octanol–water partition coefficient (Wildman–Crippen LogP) is 4.15. The van der Waals surface area contributed by atoms with Crippen molar-refractivity contribution in [1.82, 2.24) is 10.3 Å². The molecule has 1 amide bonds. The maximum atomic E-state index is 13.0. The molecule has 3 aromatic rings. The van der Waals surface area contributed by atoms with Crippen molar-refractivity contribution >= 4 is 16.8 Å². The number of carbonyl (C=O) groups excluding carboxylic acids is 1. The van der Waals surface area contributed by atoms with Gasteiger partial charge in [-0.3, -0.25) is 4.79 Å². The van der Waals surface area contributed by atoms with Gasteiger partial charge in [0.05, 0.1) is 26.4 Å². The van der Waals surface area contributed by atoms with Gasteiger partial charge in [-0.1, -0.05) is 0 Å². The third-order valence-electron chi connectivity index (χ3n) is 5.73. The van der Waals surface area contributed by atoms with Gasteiger partial charge in [-0.2, -0.15) is 0 Å². The molecule has 0 radical (unpaired) electrons. The average Bonchev–Trinajstić information content (AvgIpc) is 2.96. The van der Waals surface area contributed by atoms with Gasteiger partial charge in [0.1, 0.15) is 5.75 Å². The van der Waals surface area contributed by atoms with Crippen LogP contribution in [-0.4, -0.2) is 31.2 Å². The third-order valence-corrected chi connectivity index (χ3v) is 5.73. The lowest BCUT2D eigenvalue weighted by Gasteiger charge is -2.24. The molecule has 0 unspecified atom stereocenters. The molecule has 0 spiro atoms. The second kappa shape index (κ2) is 7.35. The number of aryl methyl sites for hydroxylation is 1. The van der Waals surface area contributed by atoms with Gasteiger partial charge >= 0.3 is 0 Å². The van der Waals surface area contributed by atoms with Gasteiger partial charge in [0, 0.05) is 28.6 Å². The Morgan fingerprint density at radius 3 is 2.83 bits per heavy atom. The molecule has 2 aliphatic rings. The molecule has 1 atom stereocenters. The van der Waals surface area contributed by atoms with E-state index in [0.717, 1.165) is 42.6 Å². The zero-order valence-electron chi connectivity index (χ0n) is 16.4. The summed E-state index contributed by atoms with van der Waals surface area (Å²) in [7, 11) is 1.68. The molecule has 29 heavy (non-hydrogen) atoms. The molecular weight excluding hydrogens is 368 g/mol. The number of ether oxygens (including phenoxy) is 3. The summed E-state index contributed by atoms with van der Waals surface area (Å²) in [5.74, 6) is 2.08. The average molecular weight is 392 g/mol. The summed E-state index contributed by atoms with van der Waals surface area (Å²) in [6.45, 7) is 1.23. The molecule has 2 aromatic carbocycles. The number of benzene rings is 2. The third kappa shape index (κ3) is 3.28. The van der Waals surface area contributed by atoms with Gasteiger partial charge in [0.15, 0.2) is 11.5 Å². The Morgan fingerprint density at radius 2 is 1.97 bits per heavy atom. The first kappa shape index (κ1) is 17.9. The Kier molecular flexibility index (Phi) is 4.54. The van der Waals surface area contributed by atoms with E-state index < -0.39 is 0 Å². The van der Waals surface area contributed by atoms with Crippen LogP contribution in [0.3, 0.4) is 0 Å². The number of hydrogen-bond acceptors (Lipinski definition) is 4. The minimum Gasteiger partial charge on any atom is -0.497 e. The highest BCUT2D eigenvalue weighted by Crippen LogP contribution is 2.36. The molecule has 2 heterocycles. The summed E-state index contributed by atoms with van der Waals surface area (Å²) in [4.78, 5) is 16.5. The summed E-state index contributed by atoms with van der Waals surface area (Å²) < 4.78 is 16.8. The number of methoxy groups -OCH3 is 1. The van der Waals surface area contributed by atoms with E-state index in [9.17, 15) is 4.79 Å². The van der Waals surface area contributed by atoms with Crippen molar-refractivity contribution in [1.29, 1.82) is 0 Å². The first-order valence-corrected chi connectivity index (χ1v) is 10.1. The van der Waals surface area contributed by atoms with Crippen molar-refractivity contribution in [3.8, 4) is 17.2 Å². The van der Waals surface area contributed by atoms with Gasteiger partial charge in [0.25, 0.3) is 5.91 Å². The number of carbonyl (C=O) groups is 1. The van der Waals surface area contributed by atoms with E-state index >= 15 is 0 Å². The Labute approximate surface area is 169 Å². The van der Waals surface area contributed by atoms with E-state index in [1.807, 2.05) is 18.2 Å². The molecule has 0 bridgehead atoms. The predicted molar refractivity (Wildman–Crippen MR) is 110 cm³/mol. The van der Waals surface area contributed by atoms with Gasteiger partial charge in [-0.25, -0.2) is 0 Å².